The number of nitrogens with two attached hydrogens (primary N) is 1. The second-order valence-corrected chi connectivity index (χ2v) is 4.94. The van der Waals surface area contributed by atoms with Crippen LogP contribution >= 0.6 is 15.9 Å². The first-order valence-electron chi connectivity index (χ1n) is 5.54. The third-order valence-electron chi connectivity index (χ3n) is 2.40. The molecule has 5 nitrogen and oxygen atoms in total. The van der Waals surface area contributed by atoms with Crippen molar-refractivity contribution in [1.82, 2.24) is 10.2 Å². The third-order valence-corrected chi connectivity index (χ3v) is 2.86. The minimum Gasteiger partial charge on any atom is -0.382 e. The number of halogens is 4. The number of amides is 1. The van der Waals surface area contributed by atoms with E-state index in [1.807, 2.05) is 0 Å². The van der Waals surface area contributed by atoms with E-state index in [2.05, 4.69) is 31.4 Å². The van der Waals surface area contributed by atoms with E-state index in [1.54, 1.807) is 0 Å². The van der Waals surface area contributed by atoms with Crippen LogP contribution in [0.4, 0.5) is 24.7 Å². The molecule has 0 aliphatic rings. The molecular formula is C12H8BrF3N4O. The molecule has 0 aliphatic heterocycles. The Hall–Kier alpha value is -2.16. The number of rotatable bonds is 2. The van der Waals surface area contributed by atoms with Gasteiger partial charge in [0.1, 0.15) is 5.82 Å². The van der Waals surface area contributed by atoms with E-state index >= 15 is 0 Å². The van der Waals surface area contributed by atoms with Gasteiger partial charge in [-0.05, 0) is 30.3 Å². The lowest BCUT2D eigenvalue weighted by Gasteiger charge is -2.10. The van der Waals surface area contributed by atoms with E-state index < -0.39 is 17.6 Å². The van der Waals surface area contributed by atoms with E-state index in [-0.39, 0.29) is 21.7 Å². The standard InChI is InChI=1S/C12H8BrF3N4O/c13-7-3-6(12(14,15)16)4-8(5-7)18-11(21)9-1-2-10(17)20-19-9/h1-5H,(H2,17,20)(H,18,21). The van der Waals surface area contributed by atoms with Crippen LogP contribution in [-0.4, -0.2) is 16.1 Å². The molecule has 1 aromatic heterocycles. The Morgan fingerprint density at radius 2 is 1.90 bits per heavy atom. The van der Waals surface area contributed by atoms with Gasteiger partial charge in [0.05, 0.1) is 5.56 Å². The van der Waals surface area contributed by atoms with E-state index in [0.29, 0.717) is 0 Å². The number of aromatic nitrogens is 2. The van der Waals surface area contributed by atoms with Crippen molar-refractivity contribution in [2.45, 2.75) is 6.18 Å². The Morgan fingerprint density at radius 3 is 2.48 bits per heavy atom. The summed E-state index contributed by atoms with van der Waals surface area (Å²) >= 11 is 2.97. The van der Waals surface area contributed by atoms with Gasteiger partial charge in [0.15, 0.2) is 5.69 Å². The molecule has 2 aromatic rings. The van der Waals surface area contributed by atoms with Gasteiger partial charge < -0.3 is 11.1 Å². The van der Waals surface area contributed by atoms with Crippen molar-refractivity contribution in [3.05, 3.63) is 46.1 Å². The number of nitrogens with one attached hydrogen (secondary N) is 1. The Bertz CT molecular complexity index is 673. The maximum absolute atomic E-state index is 12.7. The van der Waals surface area contributed by atoms with Crippen LogP contribution in [0.2, 0.25) is 0 Å². The van der Waals surface area contributed by atoms with Crippen molar-refractivity contribution in [2.24, 2.45) is 0 Å². The molecule has 1 amide bonds. The Morgan fingerprint density at radius 1 is 1.19 bits per heavy atom. The quantitative estimate of drug-likeness (QED) is 0.862. The van der Waals surface area contributed by atoms with Gasteiger partial charge in [0, 0.05) is 10.2 Å². The molecular weight excluding hydrogens is 353 g/mol. The number of carbonyl (C=O) groups excluding carboxylic acids is 1. The molecule has 1 heterocycles. The van der Waals surface area contributed by atoms with Crippen LogP contribution in [-0.2, 0) is 6.18 Å². The average molecular weight is 361 g/mol. The lowest BCUT2D eigenvalue weighted by Crippen LogP contribution is -2.15. The van der Waals surface area contributed by atoms with Gasteiger partial charge in [0.2, 0.25) is 0 Å². The number of anilines is 2. The smallest absolute Gasteiger partial charge is 0.382 e. The van der Waals surface area contributed by atoms with E-state index in [9.17, 15) is 18.0 Å². The average Bonchev–Trinajstić information content (AvgIpc) is 2.37. The highest BCUT2D eigenvalue weighted by molar-refractivity contribution is 9.10. The number of alkyl halides is 3. The zero-order valence-electron chi connectivity index (χ0n) is 10.3. The summed E-state index contributed by atoms with van der Waals surface area (Å²) in [6.07, 6.45) is -4.51. The number of benzene rings is 1. The molecule has 9 heteroatoms. The van der Waals surface area contributed by atoms with Gasteiger partial charge in [-0.3, -0.25) is 4.79 Å². The maximum Gasteiger partial charge on any atom is 0.416 e. The van der Waals surface area contributed by atoms with Crippen molar-refractivity contribution in [3.63, 3.8) is 0 Å². The van der Waals surface area contributed by atoms with E-state index in [1.165, 1.54) is 18.2 Å². The summed E-state index contributed by atoms with van der Waals surface area (Å²) in [5, 5.41) is 9.36. The molecule has 2 rings (SSSR count). The molecule has 1 aromatic carbocycles. The van der Waals surface area contributed by atoms with Crippen LogP contribution < -0.4 is 11.1 Å². The second-order valence-electron chi connectivity index (χ2n) is 4.02. The molecule has 0 atom stereocenters. The summed E-state index contributed by atoms with van der Waals surface area (Å²) in [7, 11) is 0. The highest BCUT2D eigenvalue weighted by atomic mass is 79.9. The van der Waals surface area contributed by atoms with Crippen molar-refractivity contribution < 1.29 is 18.0 Å². The third kappa shape index (κ3) is 3.91. The highest BCUT2D eigenvalue weighted by Gasteiger charge is 2.31. The number of nitrogen functional groups attached to an aromatic ring is 1. The molecule has 3 N–H and O–H groups in total. The van der Waals surface area contributed by atoms with Gasteiger partial charge >= 0.3 is 6.18 Å². The summed E-state index contributed by atoms with van der Waals surface area (Å²) in [5.74, 6) is -0.554. The van der Waals surface area contributed by atoms with Crippen LogP contribution in [0.1, 0.15) is 16.1 Å². The number of nitrogens with zero attached hydrogens (tertiary/aromatic N) is 2. The van der Waals surface area contributed by atoms with Gasteiger partial charge in [-0.2, -0.15) is 13.2 Å². The predicted octanol–water partition coefficient (Wildman–Crippen LogP) is 3.09. The largest absolute Gasteiger partial charge is 0.416 e. The molecule has 0 saturated heterocycles. The molecule has 0 unspecified atom stereocenters. The summed E-state index contributed by atoms with van der Waals surface area (Å²) in [6, 6.07) is 5.77. The first-order valence-corrected chi connectivity index (χ1v) is 6.33. The van der Waals surface area contributed by atoms with E-state index in [4.69, 9.17) is 5.73 Å². The summed E-state index contributed by atoms with van der Waals surface area (Å²) in [5.41, 5.74) is 4.38. The van der Waals surface area contributed by atoms with Crippen molar-refractivity contribution in [2.75, 3.05) is 11.1 Å². The molecule has 21 heavy (non-hydrogen) atoms. The van der Waals surface area contributed by atoms with Crippen molar-refractivity contribution in [3.8, 4) is 0 Å². The first kappa shape index (κ1) is 15.2. The van der Waals surface area contributed by atoms with Crippen LogP contribution in [0, 0.1) is 0 Å². The van der Waals surface area contributed by atoms with Crippen LogP contribution in [0.25, 0.3) is 0 Å². The summed E-state index contributed by atoms with van der Waals surface area (Å²) < 4.78 is 38.2. The fourth-order valence-corrected chi connectivity index (χ4v) is 1.98. The summed E-state index contributed by atoms with van der Waals surface area (Å²) in [4.78, 5) is 11.8. The van der Waals surface area contributed by atoms with Gasteiger partial charge in [-0.1, -0.05) is 15.9 Å². The molecule has 110 valence electrons. The van der Waals surface area contributed by atoms with Gasteiger partial charge in [-0.25, -0.2) is 0 Å². The first-order chi connectivity index (χ1) is 9.75. The molecule has 0 spiro atoms. The Labute approximate surface area is 125 Å². The summed E-state index contributed by atoms with van der Waals surface area (Å²) in [6.45, 7) is 0. The zero-order chi connectivity index (χ0) is 15.6. The normalized spacial score (nSPS) is 11.2. The number of hydrogen-bond donors (Lipinski definition) is 2. The molecule has 0 radical (unpaired) electrons. The second kappa shape index (κ2) is 5.68. The molecule has 0 fully saturated rings. The zero-order valence-corrected chi connectivity index (χ0v) is 11.9. The highest BCUT2D eigenvalue weighted by Crippen LogP contribution is 2.33. The number of carbonyl (C=O) groups is 1. The molecule has 0 bridgehead atoms. The van der Waals surface area contributed by atoms with Crippen molar-refractivity contribution in [1.29, 1.82) is 0 Å². The van der Waals surface area contributed by atoms with Crippen LogP contribution in [0.5, 0.6) is 0 Å². The fourth-order valence-electron chi connectivity index (χ4n) is 1.48. The lowest BCUT2D eigenvalue weighted by molar-refractivity contribution is -0.137. The van der Waals surface area contributed by atoms with Gasteiger partial charge in [-0.15, -0.1) is 10.2 Å². The fraction of sp³-hybridized carbons (Fsp3) is 0.0833. The number of hydrogen-bond acceptors (Lipinski definition) is 4. The minimum absolute atomic E-state index is 0.0136. The Kier molecular flexibility index (Phi) is 4.12. The molecule has 0 aliphatic carbocycles. The Balaban J connectivity index is 2.25. The lowest BCUT2D eigenvalue weighted by atomic mass is 10.2. The minimum atomic E-state index is -4.51. The topological polar surface area (TPSA) is 80.9 Å². The van der Waals surface area contributed by atoms with Crippen LogP contribution in [0.15, 0.2) is 34.8 Å². The predicted molar refractivity (Wildman–Crippen MR) is 73.5 cm³/mol. The van der Waals surface area contributed by atoms with Gasteiger partial charge in [0.25, 0.3) is 5.91 Å². The molecule has 0 saturated carbocycles. The van der Waals surface area contributed by atoms with Crippen molar-refractivity contribution >= 4 is 33.3 Å². The van der Waals surface area contributed by atoms with Crippen LogP contribution in [0.3, 0.4) is 0 Å². The monoisotopic (exact) mass is 360 g/mol. The maximum atomic E-state index is 12.7. The van der Waals surface area contributed by atoms with E-state index in [0.717, 1.165) is 12.1 Å². The SMILES string of the molecule is Nc1ccc(C(=O)Nc2cc(Br)cc(C(F)(F)F)c2)nn1.